The van der Waals surface area contributed by atoms with Crippen molar-refractivity contribution < 1.29 is 18.5 Å². The smallest absolute Gasteiger partial charge is 0.321 e. The first kappa shape index (κ1) is 12.2. The molecular formula is C11H12FNO3S. The van der Waals surface area contributed by atoms with Gasteiger partial charge in [-0.15, -0.1) is 0 Å². The van der Waals surface area contributed by atoms with Gasteiger partial charge in [0.15, 0.2) is 0 Å². The van der Waals surface area contributed by atoms with Gasteiger partial charge in [-0.3, -0.25) is 14.3 Å². The summed E-state index contributed by atoms with van der Waals surface area (Å²) in [4.78, 5) is 10.9. The van der Waals surface area contributed by atoms with Gasteiger partial charge < -0.3 is 5.11 Å². The van der Waals surface area contributed by atoms with E-state index in [1.807, 2.05) is 0 Å². The molecule has 1 aromatic carbocycles. The van der Waals surface area contributed by atoms with Crippen LogP contribution >= 0.6 is 0 Å². The topological polar surface area (TPSA) is 66.4 Å². The first-order chi connectivity index (χ1) is 8.06. The average Bonchev–Trinajstić information content (AvgIpc) is 2.29. The van der Waals surface area contributed by atoms with Crippen LogP contribution in [-0.2, 0) is 15.6 Å². The van der Waals surface area contributed by atoms with Crippen molar-refractivity contribution >= 4 is 16.8 Å². The summed E-state index contributed by atoms with van der Waals surface area (Å²) in [5, 5.41) is 11.8. The predicted octanol–water partition coefficient (Wildman–Crippen LogP) is 0.672. The molecule has 0 bridgehead atoms. The Balaban J connectivity index is 2.18. The van der Waals surface area contributed by atoms with Crippen LogP contribution in [0.5, 0.6) is 0 Å². The highest BCUT2D eigenvalue weighted by Crippen LogP contribution is 2.19. The number of halogens is 1. The maximum absolute atomic E-state index is 12.8. The predicted molar refractivity (Wildman–Crippen MR) is 61.6 cm³/mol. The van der Waals surface area contributed by atoms with Gasteiger partial charge in [0.05, 0.1) is 0 Å². The zero-order valence-corrected chi connectivity index (χ0v) is 9.74. The molecule has 1 fully saturated rings. The second-order valence-corrected chi connectivity index (χ2v) is 5.48. The minimum Gasteiger partial charge on any atom is -0.480 e. The van der Waals surface area contributed by atoms with E-state index in [1.54, 1.807) is 12.1 Å². The molecule has 4 nitrogen and oxygen atoms in total. The fourth-order valence-electron chi connectivity index (χ4n) is 1.81. The summed E-state index contributed by atoms with van der Waals surface area (Å²) in [6.07, 6.45) is 0. The standard InChI is InChI=1S/C11H12FNO3S/c12-8-3-1-7(2-4-8)9-5-17(16)6-10(13-9)11(14)15/h1-4,9-10,13H,5-6H2,(H,14,15). The molecule has 0 radical (unpaired) electrons. The van der Waals surface area contributed by atoms with Gasteiger partial charge in [0.25, 0.3) is 0 Å². The number of hydrogen-bond donors (Lipinski definition) is 2. The lowest BCUT2D eigenvalue weighted by atomic mass is 10.1. The Bertz CT molecular complexity index is 449. The van der Waals surface area contributed by atoms with Crippen molar-refractivity contribution in [3.8, 4) is 0 Å². The molecule has 1 heterocycles. The van der Waals surface area contributed by atoms with Gasteiger partial charge in [-0.05, 0) is 17.7 Å². The Morgan fingerprint density at radius 2 is 2.00 bits per heavy atom. The monoisotopic (exact) mass is 257 g/mol. The van der Waals surface area contributed by atoms with Crippen LogP contribution in [0.4, 0.5) is 4.39 Å². The number of benzene rings is 1. The minimum atomic E-state index is -1.16. The Morgan fingerprint density at radius 3 is 2.59 bits per heavy atom. The van der Waals surface area contributed by atoms with E-state index in [1.165, 1.54) is 12.1 Å². The highest BCUT2D eigenvalue weighted by atomic mass is 32.2. The number of rotatable bonds is 2. The first-order valence-corrected chi connectivity index (χ1v) is 6.64. The normalized spacial score (nSPS) is 28.9. The van der Waals surface area contributed by atoms with E-state index in [2.05, 4.69) is 5.32 Å². The molecule has 1 aliphatic rings. The third-order valence-electron chi connectivity index (χ3n) is 2.68. The summed E-state index contributed by atoms with van der Waals surface area (Å²) in [5.74, 6) is -0.881. The number of carboxylic acids is 1. The van der Waals surface area contributed by atoms with Gasteiger partial charge in [-0.1, -0.05) is 12.1 Å². The lowest BCUT2D eigenvalue weighted by Gasteiger charge is -2.28. The number of nitrogens with one attached hydrogen (secondary N) is 1. The van der Waals surface area contributed by atoms with E-state index >= 15 is 0 Å². The van der Waals surface area contributed by atoms with Gasteiger partial charge in [-0.2, -0.15) is 0 Å². The van der Waals surface area contributed by atoms with Crippen LogP contribution in [-0.4, -0.2) is 32.8 Å². The Kier molecular flexibility index (Phi) is 3.54. The molecule has 0 amide bonds. The quantitative estimate of drug-likeness (QED) is 0.817. The van der Waals surface area contributed by atoms with Crippen molar-refractivity contribution in [2.45, 2.75) is 12.1 Å². The maximum atomic E-state index is 12.8. The molecule has 92 valence electrons. The number of hydrogen-bond acceptors (Lipinski definition) is 3. The van der Waals surface area contributed by atoms with Crippen molar-refractivity contribution in [2.75, 3.05) is 11.5 Å². The van der Waals surface area contributed by atoms with Crippen LogP contribution in [0.2, 0.25) is 0 Å². The fraction of sp³-hybridized carbons (Fsp3) is 0.364. The van der Waals surface area contributed by atoms with Crippen molar-refractivity contribution in [3.05, 3.63) is 35.6 Å². The van der Waals surface area contributed by atoms with Crippen molar-refractivity contribution in [2.24, 2.45) is 0 Å². The summed E-state index contributed by atoms with van der Waals surface area (Å²) in [7, 11) is -1.16. The zero-order valence-electron chi connectivity index (χ0n) is 8.93. The summed E-state index contributed by atoms with van der Waals surface area (Å²) in [6.45, 7) is 0. The lowest BCUT2D eigenvalue weighted by molar-refractivity contribution is -0.139. The van der Waals surface area contributed by atoms with Gasteiger partial charge in [0.1, 0.15) is 11.9 Å². The molecule has 1 saturated heterocycles. The average molecular weight is 257 g/mol. The third kappa shape index (κ3) is 2.89. The summed E-state index contributed by atoms with van der Waals surface area (Å²) >= 11 is 0. The zero-order chi connectivity index (χ0) is 12.4. The molecule has 0 aliphatic carbocycles. The molecule has 3 atom stereocenters. The van der Waals surface area contributed by atoms with E-state index < -0.39 is 22.8 Å². The van der Waals surface area contributed by atoms with Gasteiger partial charge in [-0.25, -0.2) is 4.39 Å². The van der Waals surface area contributed by atoms with E-state index in [4.69, 9.17) is 5.11 Å². The Labute approximate surface area is 100 Å². The summed E-state index contributed by atoms with van der Waals surface area (Å²) in [6, 6.07) is 4.67. The molecule has 6 heteroatoms. The molecular weight excluding hydrogens is 245 g/mol. The minimum absolute atomic E-state index is 0.118. The maximum Gasteiger partial charge on any atom is 0.321 e. The molecule has 0 saturated carbocycles. The second-order valence-electron chi connectivity index (χ2n) is 3.93. The van der Waals surface area contributed by atoms with Crippen LogP contribution in [0, 0.1) is 5.82 Å². The SMILES string of the molecule is O=C(O)C1CS(=O)CC(c2ccc(F)cc2)N1. The highest BCUT2D eigenvalue weighted by Gasteiger charge is 2.30. The highest BCUT2D eigenvalue weighted by molar-refractivity contribution is 7.85. The van der Waals surface area contributed by atoms with E-state index in [0.717, 1.165) is 5.56 Å². The fourth-order valence-corrected chi connectivity index (χ4v) is 3.22. The lowest BCUT2D eigenvalue weighted by Crippen LogP contribution is -2.49. The largest absolute Gasteiger partial charge is 0.480 e. The summed E-state index contributed by atoms with van der Waals surface area (Å²) in [5.41, 5.74) is 0.755. The molecule has 17 heavy (non-hydrogen) atoms. The molecule has 1 aliphatic heterocycles. The van der Waals surface area contributed by atoms with Gasteiger partial charge in [0, 0.05) is 28.3 Å². The Hall–Kier alpha value is -1.27. The molecule has 1 aromatic rings. The van der Waals surface area contributed by atoms with E-state index in [9.17, 15) is 13.4 Å². The van der Waals surface area contributed by atoms with Crippen molar-refractivity contribution in [1.82, 2.24) is 5.32 Å². The molecule has 2 N–H and O–H groups in total. The number of carboxylic acid groups (broad SMARTS) is 1. The Morgan fingerprint density at radius 1 is 1.35 bits per heavy atom. The van der Waals surface area contributed by atoms with Crippen molar-refractivity contribution in [1.29, 1.82) is 0 Å². The van der Waals surface area contributed by atoms with E-state index in [0.29, 0.717) is 5.75 Å². The van der Waals surface area contributed by atoms with Crippen molar-refractivity contribution in [3.63, 3.8) is 0 Å². The first-order valence-electron chi connectivity index (χ1n) is 5.15. The third-order valence-corrected chi connectivity index (χ3v) is 4.09. The van der Waals surface area contributed by atoms with Gasteiger partial charge in [0.2, 0.25) is 0 Å². The van der Waals surface area contributed by atoms with Crippen LogP contribution in [0.25, 0.3) is 0 Å². The second kappa shape index (κ2) is 4.93. The molecule has 3 unspecified atom stereocenters. The molecule has 0 aromatic heterocycles. The van der Waals surface area contributed by atoms with Crippen LogP contribution in [0.1, 0.15) is 11.6 Å². The van der Waals surface area contributed by atoms with Gasteiger partial charge >= 0.3 is 5.97 Å². The number of aliphatic carboxylic acids is 1. The van der Waals surface area contributed by atoms with Crippen LogP contribution < -0.4 is 5.32 Å². The molecule has 0 spiro atoms. The summed E-state index contributed by atoms with van der Waals surface area (Å²) < 4.78 is 24.3. The van der Waals surface area contributed by atoms with Crippen LogP contribution in [0.15, 0.2) is 24.3 Å². The van der Waals surface area contributed by atoms with E-state index in [-0.39, 0.29) is 17.6 Å². The number of carbonyl (C=O) groups is 1. The molecule has 2 rings (SSSR count). The van der Waals surface area contributed by atoms with Crippen LogP contribution in [0.3, 0.4) is 0 Å².